The van der Waals surface area contributed by atoms with Gasteiger partial charge in [-0.25, -0.2) is 14.2 Å². The van der Waals surface area contributed by atoms with Crippen LogP contribution in [0.5, 0.6) is 5.75 Å². The van der Waals surface area contributed by atoms with Crippen molar-refractivity contribution in [3.05, 3.63) is 57.8 Å². The molecule has 10 heteroatoms. The predicted octanol–water partition coefficient (Wildman–Crippen LogP) is 2.66. The molecule has 3 N–H and O–H groups in total. The van der Waals surface area contributed by atoms with Gasteiger partial charge in [0.2, 0.25) is 0 Å². The number of methoxy groups -OCH3 is 1. The molecule has 2 aromatic rings. The molecule has 0 aromatic heterocycles. The summed E-state index contributed by atoms with van der Waals surface area (Å²) in [6, 6.07) is 9.02. The minimum Gasteiger partial charge on any atom is -0.506 e. The van der Waals surface area contributed by atoms with Crippen molar-refractivity contribution in [2.24, 2.45) is 4.99 Å². The zero-order valence-corrected chi connectivity index (χ0v) is 19.3. The van der Waals surface area contributed by atoms with E-state index in [4.69, 9.17) is 4.74 Å². The Morgan fingerprint density at radius 1 is 1.22 bits per heavy atom. The molecule has 32 heavy (non-hydrogen) atoms. The number of hydrogen-bond donors (Lipinski definition) is 3. The molecule has 1 saturated heterocycles. The molecule has 0 amide bonds. The number of esters is 1. The number of nitrogens with zero attached hydrogens (tertiary/aromatic N) is 3. The summed E-state index contributed by atoms with van der Waals surface area (Å²) in [6.45, 7) is 3.48. The number of phenolic OH excluding ortho intramolecular Hbond substituents is 1. The Hall–Kier alpha value is -2.69. The summed E-state index contributed by atoms with van der Waals surface area (Å²) in [5.41, 5.74) is 0.988. The highest BCUT2D eigenvalue weighted by Gasteiger charge is 2.21. The third kappa shape index (κ3) is 6.18. The molecule has 0 radical (unpaired) electrons. The van der Waals surface area contributed by atoms with Crippen molar-refractivity contribution in [1.29, 1.82) is 0 Å². The van der Waals surface area contributed by atoms with Gasteiger partial charge in [0.15, 0.2) is 5.96 Å². The molecule has 0 atom stereocenters. The molecule has 1 fully saturated rings. The summed E-state index contributed by atoms with van der Waals surface area (Å²) in [4.78, 5) is 20.6. The lowest BCUT2D eigenvalue weighted by molar-refractivity contribution is 0.0600. The highest BCUT2D eigenvalue weighted by atomic mass is 79.9. The lowest BCUT2D eigenvalue weighted by Crippen LogP contribution is -2.51. The quantitative estimate of drug-likeness (QED) is 0.239. The minimum absolute atomic E-state index is 0.0575. The van der Waals surface area contributed by atoms with Crippen molar-refractivity contribution >= 4 is 33.5 Å². The fraction of sp³-hybridized carbons (Fsp3) is 0.364. The number of ether oxygens (including phenoxy) is 1. The number of aliphatic hydroxyl groups is 1. The number of hydrogen-bond acceptors (Lipinski definition) is 6. The molecule has 172 valence electrons. The number of anilines is 1. The van der Waals surface area contributed by atoms with Crippen molar-refractivity contribution in [3.63, 3.8) is 0 Å². The highest BCUT2D eigenvalue weighted by molar-refractivity contribution is 9.10. The van der Waals surface area contributed by atoms with E-state index in [1.165, 1.54) is 31.4 Å². The van der Waals surface area contributed by atoms with E-state index in [2.05, 4.69) is 31.1 Å². The van der Waals surface area contributed by atoms with Gasteiger partial charge in [0.05, 0.1) is 31.5 Å². The second-order valence-corrected chi connectivity index (χ2v) is 8.19. The van der Waals surface area contributed by atoms with Gasteiger partial charge in [-0.1, -0.05) is 15.9 Å². The van der Waals surface area contributed by atoms with Gasteiger partial charge in [-0.15, -0.1) is 0 Å². The Kier molecular flexibility index (Phi) is 8.43. The number of halogens is 2. The van der Waals surface area contributed by atoms with Crippen molar-refractivity contribution in [2.45, 2.75) is 6.54 Å². The Morgan fingerprint density at radius 2 is 1.97 bits per heavy atom. The SMILES string of the molecule is COC(=O)c1ccc(O)c(NC(=NCc2cc(Br)ccc2F)N2CCN(CCO)CC2)c1. The van der Waals surface area contributed by atoms with Gasteiger partial charge in [0.1, 0.15) is 11.6 Å². The average molecular weight is 509 g/mol. The second kappa shape index (κ2) is 11.3. The summed E-state index contributed by atoms with van der Waals surface area (Å²) in [6.07, 6.45) is 0. The fourth-order valence-electron chi connectivity index (χ4n) is 3.37. The first-order chi connectivity index (χ1) is 15.4. The first kappa shape index (κ1) is 24.0. The number of aliphatic imine (C=N–C) groups is 1. The molecular weight excluding hydrogens is 483 g/mol. The maximum atomic E-state index is 14.2. The van der Waals surface area contributed by atoms with E-state index >= 15 is 0 Å². The largest absolute Gasteiger partial charge is 0.506 e. The number of aromatic hydroxyl groups is 1. The van der Waals surface area contributed by atoms with E-state index in [9.17, 15) is 19.4 Å². The minimum atomic E-state index is -0.527. The van der Waals surface area contributed by atoms with Crippen LogP contribution in [-0.2, 0) is 11.3 Å². The molecule has 8 nitrogen and oxygen atoms in total. The fourth-order valence-corrected chi connectivity index (χ4v) is 3.78. The first-order valence-corrected chi connectivity index (χ1v) is 11.0. The van der Waals surface area contributed by atoms with E-state index < -0.39 is 5.97 Å². The van der Waals surface area contributed by atoms with E-state index in [1.54, 1.807) is 12.1 Å². The van der Waals surface area contributed by atoms with Gasteiger partial charge < -0.3 is 25.2 Å². The number of nitrogens with one attached hydrogen (secondary N) is 1. The smallest absolute Gasteiger partial charge is 0.337 e. The van der Waals surface area contributed by atoms with Gasteiger partial charge in [0, 0.05) is 42.8 Å². The molecule has 1 aliphatic heterocycles. The second-order valence-electron chi connectivity index (χ2n) is 7.28. The van der Waals surface area contributed by atoms with E-state index in [1.807, 2.05) is 4.90 Å². The number of aliphatic hydroxyl groups excluding tert-OH is 1. The van der Waals surface area contributed by atoms with Crippen LogP contribution in [0, 0.1) is 5.82 Å². The highest BCUT2D eigenvalue weighted by Crippen LogP contribution is 2.25. The molecule has 0 bridgehead atoms. The van der Waals surface area contributed by atoms with Gasteiger partial charge in [0.25, 0.3) is 0 Å². The summed E-state index contributed by atoms with van der Waals surface area (Å²) in [5, 5.41) is 22.6. The zero-order valence-electron chi connectivity index (χ0n) is 17.7. The van der Waals surface area contributed by atoms with Crippen LogP contribution in [0.25, 0.3) is 0 Å². The summed E-state index contributed by atoms with van der Waals surface area (Å²) >= 11 is 3.35. The molecule has 1 heterocycles. The topological polar surface area (TPSA) is 97.6 Å². The zero-order chi connectivity index (χ0) is 23.1. The molecule has 0 spiro atoms. The summed E-state index contributed by atoms with van der Waals surface area (Å²) in [7, 11) is 1.29. The van der Waals surface area contributed by atoms with Crippen LogP contribution < -0.4 is 5.32 Å². The normalized spacial score (nSPS) is 15.0. The number of carbonyl (C=O) groups excluding carboxylic acids is 1. The summed E-state index contributed by atoms with van der Waals surface area (Å²) in [5.74, 6) is -0.497. The van der Waals surface area contributed by atoms with Crippen LogP contribution in [0.3, 0.4) is 0 Å². The van der Waals surface area contributed by atoms with Crippen molar-refractivity contribution in [1.82, 2.24) is 9.80 Å². The molecular formula is C22H26BrFN4O4. The Morgan fingerprint density at radius 3 is 2.66 bits per heavy atom. The van der Waals surface area contributed by atoms with Crippen molar-refractivity contribution < 1.29 is 24.1 Å². The van der Waals surface area contributed by atoms with Gasteiger partial charge >= 0.3 is 5.97 Å². The van der Waals surface area contributed by atoms with Crippen LogP contribution >= 0.6 is 15.9 Å². The van der Waals surface area contributed by atoms with Gasteiger partial charge in [-0.2, -0.15) is 0 Å². The third-order valence-corrected chi connectivity index (χ3v) is 5.65. The predicted molar refractivity (Wildman–Crippen MR) is 123 cm³/mol. The third-order valence-electron chi connectivity index (χ3n) is 5.16. The van der Waals surface area contributed by atoms with Crippen LogP contribution in [0.2, 0.25) is 0 Å². The molecule has 2 aromatic carbocycles. The van der Waals surface area contributed by atoms with Crippen LogP contribution in [0.1, 0.15) is 15.9 Å². The Balaban J connectivity index is 1.87. The number of carbonyl (C=O) groups is 1. The Labute approximate surface area is 194 Å². The number of benzene rings is 2. The van der Waals surface area contributed by atoms with E-state index in [-0.39, 0.29) is 30.3 Å². The first-order valence-electron chi connectivity index (χ1n) is 10.2. The number of guanidine groups is 1. The van der Waals surface area contributed by atoms with Crippen molar-refractivity contribution in [3.8, 4) is 5.75 Å². The van der Waals surface area contributed by atoms with Crippen LogP contribution in [-0.4, -0.2) is 78.4 Å². The average Bonchev–Trinajstić information content (AvgIpc) is 2.80. The molecule has 0 unspecified atom stereocenters. The lowest BCUT2D eigenvalue weighted by atomic mass is 10.2. The molecule has 0 saturated carbocycles. The number of rotatable bonds is 6. The number of piperazine rings is 1. The van der Waals surface area contributed by atoms with Crippen LogP contribution in [0.15, 0.2) is 45.9 Å². The Bertz CT molecular complexity index is 980. The lowest BCUT2D eigenvalue weighted by Gasteiger charge is -2.36. The number of phenols is 1. The van der Waals surface area contributed by atoms with Crippen molar-refractivity contribution in [2.75, 3.05) is 51.8 Å². The van der Waals surface area contributed by atoms with Crippen LogP contribution in [0.4, 0.5) is 10.1 Å². The number of β-amino-alcohol motifs (C(OH)–C–C–N with tert-alkyl or cyclic N) is 1. The maximum Gasteiger partial charge on any atom is 0.337 e. The van der Waals surface area contributed by atoms with Gasteiger partial charge in [-0.3, -0.25) is 4.90 Å². The monoisotopic (exact) mass is 508 g/mol. The van der Waals surface area contributed by atoms with E-state index in [0.29, 0.717) is 36.8 Å². The standard InChI is InChI=1S/C22H26BrFN4O4/c1-32-21(31)15-2-5-20(30)19(13-15)26-22(28-8-6-27(7-9-28)10-11-29)25-14-16-12-17(23)3-4-18(16)24/h2-5,12-13,29-30H,6-11,14H2,1H3,(H,25,26). The van der Waals surface area contributed by atoms with E-state index in [0.717, 1.165) is 17.6 Å². The summed E-state index contributed by atoms with van der Waals surface area (Å²) < 4.78 is 19.7. The van der Waals surface area contributed by atoms with Gasteiger partial charge in [-0.05, 0) is 36.4 Å². The molecule has 0 aliphatic carbocycles. The maximum absolute atomic E-state index is 14.2. The molecule has 3 rings (SSSR count). The molecule has 1 aliphatic rings.